The van der Waals surface area contributed by atoms with Gasteiger partial charge in [-0.2, -0.15) is 0 Å². The van der Waals surface area contributed by atoms with Gasteiger partial charge in [-0.25, -0.2) is 0 Å². The molecule has 0 aromatic rings. The van der Waals surface area contributed by atoms with Gasteiger partial charge in [0.15, 0.2) is 0 Å². The standard InChI is InChI=1S/C15H28N2O2/c1-17(11-13-7-3-6-10-19-13)14(18)15(12-16)8-4-2-5-9-15/h13H,2-12,16H2,1H3. The van der Waals surface area contributed by atoms with Crippen molar-refractivity contribution in [2.45, 2.75) is 57.5 Å². The highest BCUT2D eigenvalue weighted by atomic mass is 16.5. The number of amides is 1. The van der Waals surface area contributed by atoms with Crippen LogP contribution in [0.1, 0.15) is 51.4 Å². The first-order chi connectivity index (χ1) is 9.18. The molecule has 4 nitrogen and oxygen atoms in total. The SMILES string of the molecule is CN(CC1CCCCO1)C(=O)C1(CN)CCCCC1. The Bertz CT molecular complexity index is 295. The van der Waals surface area contributed by atoms with Crippen molar-refractivity contribution in [2.24, 2.45) is 11.1 Å². The second kappa shape index (κ2) is 6.71. The van der Waals surface area contributed by atoms with Crippen LogP contribution in [0.2, 0.25) is 0 Å². The van der Waals surface area contributed by atoms with Gasteiger partial charge in [-0.05, 0) is 32.1 Å². The molecule has 0 bridgehead atoms. The van der Waals surface area contributed by atoms with Crippen LogP contribution in [0.4, 0.5) is 0 Å². The number of rotatable bonds is 4. The number of hydrogen-bond donors (Lipinski definition) is 1. The normalized spacial score (nSPS) is 26.9. The quantitative estimate of drug-likeness (QED) is 0.847. The average Bonchev–Trinajstić information content (AvgIpc) is 2.48. The van der Waals surface area contributed by atoms with Crippen molar-refractivity contribution in [3.63, 3.8) is 0 Å². The fourth-order valence-corrected chi connectivity index (χ4v) is 3.48. The molecular formula is C15H28N2O2. The minimum absolute atomic E-state index is 0.223. The number of carbonyl (C=O) groups is 1. The Morgan fingerprint density at radius 3 is 2.58 bits per heavy atom. The van der Waals surface area contributed by atoms with Crippen molar-refractivity contribution in [1.82, 2.24) is 4.90 Å². The summed E-state index contributed by atoms with van der Waals surface area (Å²) in [6.45, 7) is 2.05. The van der Waals surface area contributed by atoms with Gasteiger partial charge in [0.1, 0.15) is 0 Å². The first-order valence-electron chi connectivity index (χ1n) is 7.75. The monoisotopic (exact) mass is 268 g/mol. The summed E-state index contributed by atoms with van der Waals surface area (Å²) < 4.78 is 5.73. The Morgan fingerprint density at radius 2 is 2.00 bits per heavy atom. The maximum atomic E-state index is 12.7. The molecule has 1 saturated heterocycles. The number of likely N-dealkylation sites (N-methyl/N-ethyl adjacent to an activating group) is 1. The molecular weight excluding hydrogens is 240 g/mol. The summed E-state index contributed by atoms with van der Waals surface area (Å²) in [7, 11) is 1.91. The maximum Gasteiger partial charge on any atom is 0.229 e. The van der Waals surface area contributed by atoms with Gasteiger partial charge < -0.3 is 15.4 Å². The molecule has 4 heteroatoms. The zero-order chi connectivity index (χ0) is 13.7. The Morgan fingerprint density at radius 1 is 1.26 bits per heavy atom. The molecule has 2 fully saturated rings. The van der Waals surface area contributed by atoms with Gasteiger partial charge >= 0.3 is 0 Å². The third-order valence-electron chi connectivity index (χ3n) is 4.75. The van der Waals surface area contributed by atoms with E-state index < -0.39 is 0 Å². The van der Waals surface area contributed by atoms with Gasteiger partial charge in [0, 0.05) is 26.7 Å². The van der Waals surface area contributed by atoms with E-state index in [1.807, 2.05) is 11.9 Å². The smallest absolute Gasteiger partial charge is 0.229 e. The van der Waals surface area contributed by atoms with Crippen molar-refractivity contribution in [3.8, 4) is 0 Å². The first kappa shape index (κ1) is 14.8. The Labute approximate surface area is 116 Å². The van der Waals surface area contributed by atoms with Gasteiger partial charge in [0.2, 0.25) is 5.91 Å². The lowest BCUT2D eigenvalue weighted by atomic mass is 9.73. The van der Waals surface area contributed by atoms with E-state index in [0.717, 1.165) is 51.7 Å². The van der Waals surface area contributed by atoms with Gasteiger partial charge in [0.25, 0.3) is 0 Å². The molecule has 1 aliphatic heterocycles. The number of nitrogens with zero attached hydrogens (tertiary/aromatic N) is 1. The topological polar surface area (TPSA) is 55.6 Å². The van der Waals surface area contributed by atoms with E-state index in [-0.39, 0.29) is 17.4 Å². The Hall–Kier alpha value is -0.610. The average molecular weight is 268 g/mol. The summed E-state index contributed by atoms with van der Waals surface area (Å²) in [6.07, 6.45) is 9.10. The van der Waals surface area contributed by atoms with Crippen molar-refractivity contribution >= 4 is 5.91 Å². The molecule has 2 N–H and O–H groups in total. The van der Waals surface area contributed by atoms with Crippen LogP contribution in [0.5, 0.6) is 0 Å². The van der Waals surface area contributed by atoms with E-state index in [4.69, 9.17) is 10.5 Å². The third kappa shape index (κ3) is 3.48. The van der Waals surface area contributed by atoms with Crippen molar-refractivity contribution in [2.75, 3.05) is 26.7 Å². The zero-order valence-corrected chi connectivity index (χ0v) is 12.2. The summed E-state index contributed by atoms with van der Waals surface area (Å²) >= 11 is 0. The van der Waals surface area contributed by atoms with Crippen LogP contribution in [-0.4, -0.2) is 43.7 Å². The Balaban J connectivity index is 1.92. The van der Waals surface area contributed by atoms with E-state index >= 15 is 0 Å². The molecule has 110 valence electrons. The first-order valence-corrected chi connectivity index (χ1v) is 7.75. The summed E-state index contributed by atoms with van der Waals surface area (Å²) in [5.41, 5.74) is 5.64. The minimum Gasteiger partial charge on any atom is -0.376 e. The summed E-state index contributed by atoms with van der Waals surface area (Å²) in [5.74, 6) is 0.240. The predicted molar refractivity (Wildman–Crippen MR) is 75.8 cm³/mol. The summed E-state index contributed by atoms with van der Waals surface area (Å²) in [6, 6.07) is 0. The highest BCUT2D eigenvalue weighted by molar-refractivity contribution is 5.83. The zero-order valence-electron chi connectivity index (χ0n) is 12.2. The van der Waals surface area contributed by atoms with Gasteiger partial charge in [-0.15, -0.1) is 0 Å². The predicted octanol–water partition coefficient (Wildman–Crippen LogP) is 1.92. The molecule has 1 saturated carbocycles. The van der Waals surface area contributed by atoms with E-state index in [0.29, 0.717) is 6.54 Å². The van der Waals surface area contributed by atoms with E-state index in [2.05, 4.69) is 0 Å². The molecule has 0 spiro atoms. The molecule has 19 heavy (non-hydrogen) atoms. The van der Waals surface area contributed by atoms with Gasteiger partial charge in [-0.1, -0.05) is 19.3 Å². The van der Waals surface area contributed by atoms with Crippen LogP contribution in [0.3, 0.4) is 0 Å². The number of hydrogen-bond acceptors (Lipinski definition) is 3. The molecule has 2 rings (SSSR count). The van der Waals surface area contributed by atoms with Crippen molar-refractivity contribution in [1.29, 1.82) is 0 Å². The fourth-order valence-electron chi connectivity index (χ4n) is 3.48. The van der Waals surface area contributed by atoms with E-state index in [1.165, 1.54) is 12.8 Å². The number of nitrogens with two attached hydrogens (primary N) is 1. The van der Waals surface area contributed by atoms with Crippen LogP contribution in [-0.2, 0) is 9.53 Å². The van der Waals surface area contributed by atoms with Gasteiger partial charge in [-0.3, -0.25) is 4.79 Å². The largest absolute Gasteiger partial charge is 0.376 e. The van der Waals surface area contributed by atoms with Gasteiger partial charge in [0.05, 0.1) is 11.5 Å². The third-order valence-corrected chi connectivity index (χ3v) is 4.75. The summed E-state index contributed by atoms with van der Waals surface area (Å²) in [4.78, 5) is 14.6. The molecule has 0 aromatic heterocycles. The molecule has 1 amide bonds. The molecule has 1 heterocycles. The van der Waals surface area contributed by atoms with Crippen LogP contribution in [0.15, 0.2) is 0 Å². The lowest BCUT2D eigenvalue weighted by molar-refractivity contribution is -0.144. The molecule has 2 aliphatic rings. The molecule has 1 unspecified atom stereocenters. The fraction of sp³-hybridized carbons (Fsp3) is 0.933. The van der Waals surface area contributed by atoms with Crippen molar-refractivity contribution < 1.29 is 9.53 Å². The minimum atomic E-state index is -0.290. The highest BCUT2D eigenvalue weighted by Gasteiger charge is 2.40. The van der Waals surface area contributed by atoms with Crippen molar-refractivity contribution in [3.05, 3.63) is 0 Å². The number of carbonyl (C=O) groups excluding carboxylic acids is 1. The van der Waals surface area contributed by atoms with E-state index in [1.54, 1.807) is 0 Å². The second-order valence-electron chi connectivity index (χ2n) is 6.22. The molecule has 1 aliphatic carbocycles. The van der Waals surface area contributed by atoms with Crippen LogP contribution in [0, 0.1) is 5.41 Å². The molecule has 1 atom stereocenters. The van der Waals surface area contributed by atoms with Crippen LogP contribution >= 0.6 is 0 Å². The number of ether oxygens (including phenoxy) is 1. The Kier molecular flexibility index (Phi) is 5.22. The highest BCUT2D eigenvalue weighted by Crippen LogP contribution is 2.37. The van der Waals surface area contributed by atoms with Crippen LogP contribution < -0.4 is 5.73 Å². The van der Waals surface area contributed by atoms with E-state index in [9.17, 15) is 4.79 Å². The lowest BCUT2D eigenvalue weighted by Crippen LogP contribution is -2.50. The molecule has 0 radical (unpaired) electrons. The molecule has 0 aromatic carbocycles. The maximum absolute atomic E-state index is 12.7. The summed E-state index contributed by atoms with van der Waals surface area (Å²) in [5, 5.41) is 0. The second-order valence-corrected chi connectivity index (χ2v) is 6.22. The lowest BCUT2D eigenvalue weighted by Gasteiger charge is -2.39. The van der Waals surface area contributed by atoms with Crippen LogP contribution in [0.25, 0.3) is 0 Å².